The van der Waals surface area contributed by atoms with Crippen LogP contribution in [0.4, 0.5) is 0 Å². The Hall–Kier alpha value is -2.78. The molecular weight excluding hydrogens is 508 g/mol. The molecule has 0 radical (unpaired) electrons. The van der Waals surface area contributed by atoms with Crippen molar-refractivity contribution in [1.29, 1.82) is 0 Å². The van der Waals surface area contributed by atoms with Gasteiger partial charge in [-0.15, -0.1) is 0 Å². The van der Waals surface area contributed by atoms with Crippen LogP contribution in [0, 0.1) is 5.92 Å². The minimum atomic E-state index is -1.10. The van der Waals surface area contributed by atoms with Crippen LogP contribution in [-0.2, 0) is 15.6 Å². The van der Waals surface area contributed by atoms with Crippen LogP contribution >= 0.6 is 0 Å². The molecule has 6 bridgehead atoms. The lowest BCUT2D eigenvalue weighted by Gasteiger charge is -2.71. The highest BCUT2D eigenvalue weighted by molar-refractivity contribution is 5.55. The van der Waals surface area contributed by atoms with Gasteiger partial charge in [0, 0.05) is 54.6 Å². The molecule has 8 heteroatoms. The highest BCUT2D eigenvalue weighted by atomic mass is 16.7. The molecule has 0 amide bonds. The number of methoxy groups -OCH3 is 4. The standard InChI is InChI=1S/C32H38N2O6/c1-36-23-7-5-19(13-25(23)38-3)29-9-11-33-27(29)17-32-22(15-29)21-16-30(35,40-32)18-28-31(21,10-12-34(28)32)20-6-8-24(37-2)26(14-20)39-4/h5-8,13-15,21,27-28,33,35H,9-12,16-18H2,1-4H3/t21-,27+,28-,29-,30+,31-,32+/m1/s1. The second-order valence-corrected chi connectivity index (χ2v) is 12.5. The minimum Gasteiger partial charge on any atom is -0.493 e. The van der Waals surface area contributed by atoms with E-state index in [4.69, 9.17) is 23.7 Å². The molecule has 1 spiro atoms. The molecule has 7 aliphatic rings. The van der Waals surface area contributed by atoms with Gasteiger partial charge in [0.25, 0.3) is 0 Å². The van der Waals surface area contributed by atoms with Crippen molar-refractivity contribution in [3.8, 4) is 23.0 Å². The predicted octanol–water partition coefficient (Wildman–Crippen LogP) is 3.50. The van der Waals surface area contributed by atoms with Crippen molar-refractivity contribution in [2.45, 2.75) is 66.5 Å². The number of hydrogen-bond donors (Lipinski definition) is 2. The zero-order valence-corrected chi connectivity index (χ0v) is 23.7. The summed E-state index contributed by atoms with van der Waals surface area (Å²) in [5.41, 5.74) is 2.95. The Bertz CT molecular complexity index is 1430. The van der Waals surface area contributed by atoms with Crippen molar-refractivity contribution in [2.75, 3.05) is 41.5 Å². The fraction of sp³-hybridized carbons (Fsp3) is 0.562. The first-order valence-electron chi connectivity index (χ1n) is 14.5. The summed E-state index contributed by atoms with van der Waals surface area (Å²) in [6, 6.07) is 13.2. The number of nitrogens with zero attached hydrogens (tertiary/aromatic N) is 1. The number of ether oxygens (including phenoxy) is 5. The van der Waals surface area contributed by atoms with Crippen molar-refractivity contribution >= 4 is 0 Å². The maximum Gasteiger partial charge on any atom is 0.170 e. The number of aliphatic hydroxyl groups is 1. The van der Waals surface area contributed by atoms with Crippen molar-refractivity contribution in [3.05, 3.63) is 59.2 Å². The Morgan fingerprint density at radius 3 is 2.23 bits per heavy atom. The highest BCUT2D eigenvalue weighted by Gasteiger charge is 2.77. The SMILES string of the molecule is COc1ccc([C@@]23CCN4[C@@H]2C[C@]2(O)C[C@@H]3C3=C[C@@]5(c6ccc(OC)c(OC)c6)CCN[C@H]5C[C@]34O2)cc1OC. The van der Waals surface area contributed by atoms with Crippen LogP contribution in [0.25, 0.3) is 0 Å². The maximum atomic E-state index is 11.8. The van der Waals surface area contributed by atoms with E-state index in [9.17, 15) is 5.11 Å². The van der Waals surface area contributed by atoms with E-state index in [0.29, 0.717) is 12.8 Å². The summed E-state index contributed by atoms with van der Waals surface area (Å²) in [5, 5.41) is 15.6. The van der Waals surface area contributed by atoms with Crippen molar-refractivity contribution in [3.63, 3.8) is 0 Å². The summed E-state index contributed by atoms with van der Waals surface area (Å²) in [4.78, 5) is 2.60. The molecule has 2 aliphatic carbocycles. The van der Waals surface area contributed by atoms with Gasteiger partial charge in [-0.25, -0.2) is 0 Å². The Kier molecular flexibility index (Phi) is 5.09. The summed E-state index contributed by atoms with van der Waals surface area (Å²) in [7, 11) is 6.75. The largest absolute Gasteiger partial charge is 0.493 e. The third-order valence-corrected chi connectivity index (χ3v) is 11.3. The zero-order chi connectivity index (χ0) is 27.5. The Morgan fingerprint density at radius 1 is 0.850 bits per heavy atom. The average Bonchev–Trinajstić information content (AvgIpc) is 3.55. The smallest absolute Gasteiger partial charge is 0.170 e. The van der Waals surface area contributed by atoms with E-state index in [1.807, 2.05) is 12.1 Å². The van der Waals surface area contributed by atoms with Crippen LogP contribution in [0.15, 0.2) is 48.0 Å². The van der Waals surface area contributed by atoms with E-state index >= 15 is 0 Å². The molecule has 1 saturated carbocycles. The van der Waals surface area contributed by atoms with E-state index in [1.54, 1.807) is 28.4 Å². The van der Waals surface area contributed by atoms with Gasteiger partial charge in [-0.2, -0.15) is 0 Å². The van der Waals surface area contributed by atoms with Gasteiger partial charge in [0.2, 0.25) is 0 Å². The lowest BCUT2D eigenvalue weighted by molar-refractivity contribution is -0.384. The van der Waals surface area contributed by atoms with Gasteiger partial charge in [-0.3, -0.25) is 4.90 Å². The molecule has 5 aliphatic heterocycles. The molecule has 8 nitrogen and oxygen atoms in total. The van der Waals surface area contributed by atoms with E-state index in [2.05, 4.69) is 40.6 Å². The van der Waals surface area contributed by atoms with Crippen molar-refractivity contribution < 1.29 is 28.8 Å². The molecule has 1 unspecified atom stereocenters. The highest BCUT2D eigenvalue weighted by Crippen LogP contribution is 2.71. The Morgan fingerprint density at radius 2 is 1.52 bits per heavy atom. The van der Waals surface area contributed by atoms with Gasteiger partial charge in [-0.1, -0.05) is 18.2 Å². The topological polar surface area (TPSA) is 81.7 Å². The molecule has 40 heavy (non-hydrogen) atoms. The van der Waals surface area contributed by atoms with E-state index in [-0.39, 0.29) is 28.8 Å². The first-order chi connectivity index (χ1) is 19.4. The summed E-state index contributed by atoms with van der Waals surface area (Å²) >= 11 is 0. The normalized spacial score (nSPS) is 41.8. The molecule has 212 valence electrons. The molecule has 5 heterocycles. The second kappa shape index (κ2) is 8.16. The number of hydrogen-bond acceptors (Lipinski definition) is 8. The van der Waals surface area contributed by atoms with Crippen LogP contribution in [0.2, 0.25) is 0 Å². The van der Waals surface area contributed by atoms with Crippen molar-refractivity contribution in [1.82, 2.24) is 10.2 Å². The fourth-order valence-corrected chi connectivity index (χ4v) is 9.76. The molecule has 2 aromatic carbocycles. The third-order valence-electron chi connectivity index (χ3n) is 11.3. The number of fused-ring (bicyclic) bond motifs is 1. The Labute approximate surface area is 235 Å². The predicted molar refractivity (Wildman–Crippen MR) is 148 cm³/mol. The first-order valence-corrected chi connectivity index (χ1v) is 14.5. The van der Waals surface area contributed by atoms with Gasteiger partial charge < -0.3 is 34.1 Å². The van der Waals surface area contributed by atoms with Crippen LogP contribution in [0.3, 0.4) is 0 Å². The van der Waals surface area contributed by atoms with E-state index in [0.717, 1.165) is 55.4 Å². The quantitative estimate of drug-likeness (QED) is 0.533. The fourth-order valence-electron chi connectivity index (χ4n) is 9.76. The van der Waals surface area contributed by atoms with E-state index < -0.39 is 11.5 Å². The summed E-state index contributed by atoms with van der Waals surface area (Å²) in [6.07, 6.45) is 6.62. The number of benzene rings is 2. The summed E-state index contributed by atoms with van der Waals surface area (Å²) < 4.78 is 29.5. The van der Waals surface area contributed by atoms with Gasteiger partial charge in [0.15, 0.2) is 28.8 Å². The molecule has 8 atom stereocenters. The average molecular weight is 547 g/mol. The Balaban J connectivity index is 1.33. The molecule has 6 fully saturated rings. The number of piperidine rings is 1. The van der Waals surface area contributed by atoms with Crippen LogP contribution in [-0.4, -0.2) is 75.1 Å². The number of nitrogens with one attached hydrogen (secondary N) is 1. The van der Waals surface area contributed by atoms with Gasteiger partial charge in [-0.05, 0) is 60.4 Å². The molecular formula is C32H38N2O6. The number of rotatable bonds is 6. The van der Waals surface area contributed by atoms with Gasteiger partial charge in [0.1, 0.15) is 5.72 Å². The minimum absolute atomic E-state index is 0.122. The molecule has 5 saturated heterocycles. The molecule has 2 aromatic rings. The summed E-state index contributed by atoms with van der Waals surface area (Å²) in [5.74, 6) is 2.05. The molecule has 9 rings (SSSR count). The van der Waals surface area contributed by atoms with Gasteiger partial charge >= 0.3 is 0 Å². The van der Waals surface area contributed by atoms with Gasteiger partial charge in [0.05, 0.1) is 28.4 Å². The zero-order valence-electron chi connectivity index (χ0n) is 23.7. The monoisotopic (exact) mass is 546 g/mol. The van der Waals surface area contributed by atoms with Crippen LogP contribution in [0.5, 0.6) is 23.0 Å². The molecule has 0 aromatic heterocycles. The maximum absolute atomic E-state index is 11.8. The van der Waals surface area contributed by atoms with Crippen LogP contribution < -0.4 is 24.3 Å². The van der Waals surface area contributed by atoms with E-state index in [1.165, 1.54) is 16.7 Å². The third kappa shape index (κ3) is 2.85. The summed E-state index contributed by atoms with van der Waals surface area (Å²) in [6.45, 7) is 1.87. The lowest BCUT2D eigenvalue weighted by Crippen LogP contribution is -2.79. The van der Waals surface area contributed by atoms with Crippen molar-refractivity contribution in [2.24, 2.45) is 5.92 Å². The van der Waals surface area contributed by atoms with Crippen LogP contribution in [0.1, 0.15) is 43.2 Å². The lowest BCUT2D eigenvalue weighted by atomic mass is 9.49. The first kappa shape index (κ1) is 25.0. The second-order valence-electron chi connectivity index (χ2n) is 12.5. The molecule has 2 N–H and O–H groups in total.